The summed E-state index contributed by atoms with van der Waals surface area (Å²) in [6.07, 6.45) is 6.33. The number of nitrogens with one attached hydrogen (secondary N) is 1. The van der Waals surface area contributed by atoms with Gasteiger partial charge in [-0.25, -0.2) is 9.97 Å². The van der Waals surface area contributed by atoms with Crippen LogP contribution in [0.25, 0.3) is 5.65 Å². The van der Waals surface area contributed by atoms with Crippen molar-refractivity contribution in [3.8, 4) is 0 Å². The van der Waals surface area contributed by atoms with Gasteiger partial charge in [0, 0.05) is 64.8 Å². The maximum absolute atomic E-state index is 4.43. The molecule has 1 fully saturated rings. The standard InChI is InChI=1S/C18H23N9/c1-19-17(22-9-6-16-24-23-15-5-2-3-10-27(15)16)25-11-13-26(14-12-25)18-20-7-4-8-21-18/h2-5,7-8,10H,6,9,11-14H2,1H3,(H,19,22). The number of piperazine rings is 1. The lowest BCUT2D eigenvalue weighted by atomic mass is 10.3. The smallest absolute Gasteiger partial charge is 0.225 e. The summed E-state index contributed by atoms with van der Waals surface area (Å²) in [6.45, 7) is 4.26. The van der Waals surface area contributed by atoms with Crippen LogP contribution in [0.15, 0.2) is 47.8 Å². The second kappa shape index (κ2) is 7.98. The molecule has 1 N–H and O–H groups in total. The predicted molar refractivity (Wildman–Crippen MR) is 104 cm³/mol. The molecule has 0 aromatic carbocycles. The van der Waals surface area contributed by atoms with Crippen molar-refractivity contribution in [1.29, 1.82) is 0 Å². The lowest BCUT2D eigenvalue weighted by Crippen LogP contribution is -2.53. The average Bonchev–Trinajstić information content (AvgIpc) is 3.15. The first-order valence-corrected chi connectivity index (χ1v) is 9.11. The van der Waals surface area contributed by atoms with E-state index in [0.29, 0.717) is 0 Å². The van der Waals surface area contributed by atoms with Crippen molar-refractivity contribution < 1.29 is 0 Å². The molecule has 1 aliphatic heterocycles. The highest BCUT2D eigenvalue weighted by Gasteiger charge is 2.21. The summed E-state index contributed by atoms with van der Waals surface area (Å²) in [5.74, 6) is 2.65. The van der Waals surface area contributed by atoms with Gasteiger partial charge in [-0.05, 0) is 18.2 Å². The normalized spacial score (nSPS) is 15.4. The fourth-order valence-electron chi connectivity index (χ4n) is 3.25. The van der Waals surface area contributed by atoms with Gasteiger partial charge in [0.2, 0.25) is 5.95 Å². The summed E-state index contributed by atoms with van der Waals surface area (Å²) in [4.78, 5) is 17.6. The molecular formula is C18H23N9. The Hall–Kier alpha value is -3.23. The van der Waals surface area contributed by atoms with E-state index in [1.54, 1.807) is 12.4 Å². The van der Waals surface area contributed by atoms with Crippen molar-refractivity contribution in [1.82, 2.24) is 34.8 Å². The summed E-state index contributed by atoms with van der Waals surface area (Å²) in [7, 11) is 1.82. The van der Waals surface area contributed by atoms with Gasteiger partial charge in [-0.15, -0.1) is 10.2 Å². The van der Waals surface area contributed by atoms with Crippen LogP contribution in [0.3, 0.4) is 0 Å². The quantitative estimate of drug-likeness (QED) is 0.531. The number of hydrogen-bond acceptors (Lipinski definition) is 6. The van der Waals surface area contributed by atoms with E-state index in [1.807, 2.05) is 41.9 Å². The summed E-state index contributed by atoms with van der Waals surface area (Å²) < 4.78 is 2.02. The Morgan fingerprint density at radius 3 is 2.67 bits per heavy atom. The first-order valence-electron chi connectivity index (χ1n) is 9.11. The van der Waals surface area contributed by atoms with Gasteiger partial charge < -0.3 is 15.1 Å². The van der Waals surface area contributed by atoms with Gasteiger partial charge in [0.25, 0.3) is 0 Å². The molecule has 4 heterocycles. The van der Waals surface area contributed by atoms with E-state index in [4.69, 9.17) is 0 Å². The summed E-state index contributed by atoms with van der Waals surface area (Å²) in [5.41, 5.74) is 0.871. The Kier molecular flexibility index (Phi) is 5.08. The molecule has 3 aromatic heterocycles. The minimum Gasteiger partial charge on any atom is -0.356 e. The maximum Gasteiger partial charge on any atom is 0.225 e. The third-order valence-corrected chi connectivity index (χ3v) is 4.64. The van der Waals surface area contributed by atoms with E-state index in [2.05, 4.69) is 40.3 Å². The van der Waals surface area contributed by atoms with Crippen LogP contribution in [0.2, 0.25) is 0 Å². The molecule has 1 aliphatic rings. The molecule has 9 heteroatoms. The average molecular weight is 365 g/mol. The van der Waals surface area contributed by atoms with E-state index in [9.17, 15) is 0 Å². The van der Waals surface area contributed by atoms with E-state index in [1.165, 1.54) is 0 Å². The molecule has 9 nitrogen and oxygen atoms in total. The van der Waals surface area contributed by atoms with Crippen LogP contribution in [-0.4, -0.2) is 75.2 Å². The number of hydrogen-bond donors (Lipinski definition) is 1. The van der Waals surface area contributed by atoms with Crippen LogP contribution in [0, 0.1) is 0 Å². The van der Waals surface area contributed by atoms with Crippen molar-refractivity contribution in [2.75, 3.05) is 44.7 Å². The van der Waals surface area contributed by atoms with Gasteiger partial charge >= 0.3 is 0 Å². The highest BCUT2D eigenvalue weighted by atomic mass is 15.4. The first-order chi connectivity index (χ1) is 13.3. The Balaban J connectivity index is 1.30. The van der Waals surface area contributed by atoms with Gasteiger partial charge in [0.15, 0.2) is 11.6 Å². The largest absolute Gasteiger partial charge is 0.356 e. The Morgan fingerprint density at radius 2 is 1.89 bits per heavy atom. The van der Waals surface area contributed by atoms with Gasteiger partial charge in [-0.3, -0.25) is 9.39 Å². The number of anilines is 1. The van der Waals surface area contributed by atoms with Crippen molar-refractivity contribution >= 4 is 17.6 Å². The molecule has 0 amide bonds. The number of rotatable bonds is 4. The van der Waals surface area contributed by atoms with Crippen LogP contribution in [0.1, 0.15) is 5.82 Å². The molecule has 140 valence electrons. The third-order valence-electron chi connectivity index (χ3n) is 4.64. The highest BCUT2D eigenvalue weighted by Crippen LogP contribution is 2.10. The van der Waals surface area contributed by atoms with Crippen molar-refractivity contribution in [3.63, 3.8) is 0 Å². The van der Waals surface area contributed by atoms with Crippen LogP contribution in [0.5, 0.6) is 0 Å². The third kappa shape index (κ3) is 3.81. The molecule has 0 unspecified atom stereocenters. The lowest BCUT2D eigenvalue weighted by molar-refractivity contribution is 0.370. The molecule has 1 saturated heterocycles. The number of guanidine groups is 1. The molecule has 0 aliphatic carbocycles. The lowest BCUT2D eigenvalue weighted by Gasteiger charge is -2.36. The SMILES string of the molecule is CN=C(NCCc1nnc2ccccn12)N1CCN(c2ncccn2)CC1. The second-order valence-electron chi connectivity index (χ2n) is 6.29. The molecule has 0 spiro atoms. The van der Waals surface area contributed by atoms with Gasteiger partial charge in [0.1, 0.15) is 5.82 Å². The zero-order chi connectivity index (χ0) is 18.5. The van der Waals surface area contributed by atoms with E-state index >= 15 is 0 Å². The molecule has 3 aromatic rings. The fourth-order valence-corrected chi connectivity index (χ4v) is 3.25. The minimum atomic E-state index is 0.754. The number of nitrogens with zero attached hydrogens (tertiary/aromatic N) is 8. The highest BCUT2D eigenvalue weighted by molar-refractivity contribution is 5.80. The van der Waals surface area contributed by atoms with Gasteiger partial charge in [-0.1, -0.05) is 6.07 Å². The van der Waals surface area contributed by atoms with Crippen LogP contribution < -0.4 is 10.2 Å². The van der Waals surface area contributed by atoms with Crippen molar-refractivity contribution in [2.45, 2.75) is 6.42 Å². The minimum absolute atomic E-state index is 0.754. The Bertz CT molecular complexity index is 897. The topological polar surface area (TPSA) is 86.8 Å². The molecule has 0 bridgehead atoms. The van der Waals surface area contributed by atoms with Crippen molar-refractivity contribution in [2.24, 2.45) is 4.99 Å². The summed E-state index contributed by atoms with van der Waals surface area (Å²) >= 11 is 0. The van der Waals surface area contributed by atoms with Crippen molar-refractivity contribution in [3.05, 3.63) is 48.7 Å². The van der Waals surface area contributed by atoms with E-state index in [-0.39, 0.29) is 0 Å². The summed E-state index contributed by atoms with van der Waals surface area (Å²) in [5, 5.41) is 11.9. The zero-order valence-corrected chi connectivity index (χ0v) is 15.4. The predicted octanol–water partition coefficient (Wildman–Crippen LogP) is 0.459. The van der Waals surface area contributed by atoms with Gasteiger partial charge in [-0.2, -0.15) is 0 Å². The number of pyridine rings is 1. The number of aromatic nitrogens is 5. The molecule has 0 radical (unpaired) electrons. The summed E-state index contributed by atoms with van der Waals surface area (Å²) in [6, 6.07) is 7.75. The second-order valence-corrected chi connectivity index (χ2v) is 6.29. The van der Waals surface area contributed by atoms with Crippen LogP contribution in [-0.2, 0) is 6.42 Å². The molecule has 0 atom stereocenters. The molecule has 0 saturated carbocycles. The zero-order valence-electron chi connectivity index (χ0n) is 15.4. The first kappa shape index (κ1) is 17.2. The Labute approximate surface area is 157 Å². The maximum atomic E-state index is 4.43. The molecule has 4 rings (SSSR count). The number of aliphatic imine (C=N–C) groups is 1. The molecule has 27 heavy (non-hydrogen) atoms. The number of fused-ring (bicyclic) bond motifs is 1. The van der Waals surface area contributed by atoms with Gasteiger partial charge in [0.05, 0.1) is 0 Å². The monoisotopic (exact) mass is 365 g/mol. The molecular weight excluding hydrogens is 342 g/mol. The fraction of sp³-hybridized carbons (Fsp3) is 0.389. The Morgan fingerprint density at radius 1 is 1.07 bits per heavy atom. The van der Waals surface area contributed by atoms with E-state index in [0.717, 1.165) is 62.5 Å². The van der Waals surface area contributed by atoms with E-state index < -0.39 is 0 Å². The van der Waals surface area contributed by atoms with Crippen LogP contribution in [0.4, 0.5) is 5.95 Å². The van der Waals surface area contributed by atoms with Crippen LogP contribution >= 0.6 is 0 Å².